The molecule has 2 aromatic rings. The van der Waals surface area contributed by atoms with Crippen LogP contribution in [-0.4, -0.2) is 24.2 Å². The average molecular weight is 397 g/mol. The van der Waals surface area contributed by atoms with Gasteiger partial charge in [-0.3, -0.25) is 9.69 Å². The van der Waals surface area contributed by atoms with Gasteiger partial charge in [-0.2, -0.15) is 0 Å². The van der Waals surface area contributed by atoms with Gasteiger partial charge in [0, 0.05) is 0 Å². The standard InChI is InChI=1S/C22H24N2O3S/c1-4-26-18-10-8-17(9-11-18)24-21(25)20(23-22(24)28)13-16-6-5-7-19(12-16)27-14-15(2)3/h5-13,15H,4,14H2,1-3H3,(H,23,28)/b20-13+. The van der Waals surface area contributed by atoms with Crippen LogP contribution in [0.5, 0.6) is 11.5 Å². The van der Waals surface area contributed by atoms with Crippen LogP contribution in [0.1, 0.15) is 26.3 Å². The largest absolute Gasteiger partial charge is 0.494 e. The Labute approximate surface area is 170 Å². The third-order valence-corrected chi connectivity index (χ3v) is 4.32. The number of carbonyl (C=O) groups is 1. The lowest BCUT2D eigenvalue weighted by atomic mass is 10.1. The molecule has 0 radical (unpaired) electrons. The number of hydrogen-bond acceptors (Lipinski definition) is 4. The molecule has 0 saturated carbocycles. The van der Waals surface area contributed by atoms with Gasteiger partial charge in [0.2, 0.25) is 0 Å². The van der Waals surface area contributed by atoms with Crippen LogP contribution < -0.4 is 19.7 Å². The molecule has 0 atom stereocenters. The summed E-state index contributed by atoms with van der Waals surface area (Å²) < 4.78 is 11.2. The highest BCUT2D eigenvalue weighted by Crippen LogP contribution is 2.25. The number of benzene rings is 2. The Balaban J connectivity index is 1.78. The second-order valence-corrected chi connectivity index (χ2v) is 7.22. The highest BCUT2D eigenvalue weighted by Gasteiger charge is 2.31. The van der Waals surface area contributed by atoms with Crippen LogP contribution in [0.2, 0.25) is 0 Å². The van der Waals surface area contributed by atoms with Gasteiger partial charge in [-0.05, 0) is 73.1 Å². The van der Waals surface area contributed by atoms with E-state index in [9.17, 15) is 4.79 Å². The Morgan fingerprint density at radius 1 is 1.11 bits per heavy atom. The van der Waals surface area contributed by atoms with E-state index in [4.69, 9.17) is 21.7 Å². The number of nitrogens with zero attached hydrogens (tertiary/aromatic N) is 1. The molecule has 0 bridgehead atoms. The summed E-state index contributed by atoms with van der Waals surface area (Å²) in [6.45, 7) is 7.37. The van der Waals surface area contributed by atoms with Gasteiger partial charge in [-0.25, -0.2) is 0 Å². The predicted octanol–water partition coefficient (Wildman–Crippen LogP) is 4.38. The van der Waals surface area contributed by atoms with Crippen molar-refractivity contribution in [2.45, 2.75) is 20.8 Å². The molecule has 1 amide bonds. The van der Waals surface area contributed by atoms with Crippen LogP contribution >= 0.6 is 12.2 Å². The van der Waals surface area contributed by atoms with Gasteiger partial charge in [-0.15, -0.1) is 0 Å². The minimum absolute atomic E-state index is 0.192. The molecule has 28 heavy (non-hydrogen) atoms. The fourth-order valence-corrected chi connectivity index (χ4v) is 3.05. The second-order valence-electron chi connectivity index (χ2n) is 6.83. The Bertz CT molecular complexity index is 891. The fourth-order valence-electron chi connectivity index (χ4n) is 2.75. The molecule has 0 aliphatic carbocycles. The normalized spacial score (nSPS) is 15.3. The Morgan fingerprint density at radius 2 is 1.86 bits per heavy atom. The monoisotopic (exact) mass is 396 g/mol. The maximum atomic E-state index is 12.9. The summed E-state index contributed by atoms with van der Waals surface area (Å²) >= 11 is 5.37. The highest BCUT2D eigenvalue weighted by molar-refractivity contribution is 7.80. The maximum absolute atomic E-state index is 12.9. The summed E-state index contributed by atoms with van der Waals surface area (Å²) in [4.78, 5) is 14.4. The quantitative estimate of drug-likeness (QED) is 0.556. The molecule has 1 aliphatic heterocycles. The SMILES string of the molecule is CCOc1ccc(N2C(=O)/C(=C\c3cccc(OCC(C)C)c3)NC2=S)cc1. The molecular weight excluding hydrogens is 372 g/mol. The predicted molar refractivity (Wildman–Crippen MR) is 116 cm³/mol. The summed E-state index contributed by atoms with van der Waals surface area (Å²) in [5.41, 5.74) is 2.00. The lowest BCUT2D eigenvalue weighted by molar-refractivity contribution is -0.113. The van der Waals surface area contributed by atoms with Crippen molar-refractivity contribution in [1.82, 2.24) is 5.32 Å². The number of anilines is 1. The van der Waals surface area contributed by atoms with Crippen molar-refractivity contribution in [2.24, 2.45) is 5.92 Å². The molecule has 0 spiro atoms. The zero-order valence-electron chi connectivity index (χ0n) is 16.3. The van der Waals surface area contributed by atoms with Gasteiger partial charge < -0.3 is 14.8 Å². The molecule has 1 saturated heterocycles. The first-order valence-electron chi connectivity index (χ1n) is 9.30. The fraction of sp³-hybridized carbons (Fsp3) is 0.273. The first kappa shape index (κ1) is 19.9. The van der Waals surface area contributed by atoms with Crippen molar-refractivity contribution in [3.05, 3.63) is 59.8 Å². The van der Waals surface area contributed by atoms with Gasteiger partial charge in [0.15, 0.2) is 5.11 Å². The van der Waals surface area contributed by atoms with Crippen LogP contribution in [0, 0.1) is 5.92 Å². The van der Waals surface area contributed by atoms with Crippen LogP contribution in [0.3, 0.4) is 0 Å². The Hall–Kier alpha value is -2.86. The first-order valence-corrected chi connectivity index (χ1v) is 9.71. The zero-order valence-corrected chi connectivity index (χ0v) is 17.1. The molecule has 1 N–H and O–H groups in total. The average Bonchev–Trinajstić information content (AvgIpc) is 2.95. The molecule has 2 aromatic carbocycles. The van der Waals surface area contributed by atoms with Crippen LogP contribution in [0.4, 0.5) is 5.69 Å². The van der Waals surface area contributed by atoms with E-state index in [1.807, 2.05) is 55.5 Å². The lowest BCUT2D eigenvalue weighted by Gasteiger charge is -2.14. The highest BCUT2D eigenvalue weighted by atomic mass is 32.1. The second kappa shape index (κ2) is 8.89. The molecule has 6 heteroatoms. The number of ether oxygens (including phenoxy) is 2. The summed E-state index contributed by atoms with van der Waals surface area (Å²) in [5.74, 6) is 1.79. The Kier molecular flexibility index (Phi) is 6.31. The van der Waals surface area contributed by atoms with Gasteiger partial charge in [-0.1, -0.05) is 26.0 Å². The molecule has 3 rings (SSSR count). The molecule has 0 unspecified atom stereocenters. The topological polar surface area (TPSA) is 50.8 Å². The number of nitrogens with one attached hydrogen (secondary N) is 1. The van der Waals surface area contributed by atoms with Crippen molar-refractivity contribution in [1.29, 1.82) is 0 Å². The van der Waals surface area contributed by atoms with Gasteiger partial charge in [0.05, 0.1) is 18.9 Å². The molecule has 1 aliphatic rings. The van der Waals surface area contributed by atoms with E-state index < -0.39 is 0 Å². The van der Waals surface area contributed by atoms with Crippen LogP contribution in [0.15, 0.2) is 54.2 Å². The van der Waals surface area contributed by atoms with Crippen LogP contribution in [-0.2, 0) is 4.79 Å². The third kappa shape index (κ3) is 4.70. The lowest BCUT2D eigenvalue weighted by Crippen LogP contribution is -2.30. The number of amides is 1. The summed E-state index contributed by atoms with van der Waals surface area (Å²) in [5, 5.41) is 3.36. The molecule has 5 nitrogen and oxygen atoms in total. The minimum Gasteiger partial charge on any atom is -0.494 e. The number of thiocarbonyl (C=S) groups is 1. The first-order chi connectivity index (χ1) is 13.5. The minimum atomic E-state index is -0.192. The van der Waals surface area contributed by atoms with Gasteiger partial charge in [0.25, 0.3) is 5.91 Å². The van der Waals surface area contributed by atoms with Crippen LogP contribution in [0.25, 0.3) is 6.08 Å². The van der Waals surface area contributed by atoms with Gasteiger partial charge >= 0.3 is 0 Å². The molecular formula is C22H24N2O3S. The van der Waals surface area contributed by atoms with Crippen molar-refractivity contribution < 1.29 is 14.3 Å². The summed E-state index contributed by atoms with van der Waals surface area (Å²) in [7, 11) is 0. The zero-order chi connectivity index (χ0) is 20.1. The van der Waals surface area contributed by atoms with E-state index >= 15 is 0 Å². The summed E-state index contributed by atoms with van der Waals surface area (Å²) in [6.07, 6.45) is 1.78. The molecule has 0 aromatic heterocycles. The number of hydrogen-bond donors (Lipinski definition) is 1. The van der Waals surface area contributed by atoms with E-state index in [-0.39, 0.29) is 5.91 Å². The van der Waals surface area contributed by atoms with Gasteiger partial charge in [0.1, 0.15) is 17.2 Å². The smallest absolute Gasteiger partial charge is 0.281 e. The molecule has 1 fully saturated rings. The van der Waals surface area contributed by atoms with Crippen molar-refractivity contribution >= 4 is 35.0 Å². The maximum Gasteiger partial charge on any atom is 0.281 e. The van der Waals surface area contributed by atoms with Crippen molar-refractivity contribution in [3.8, 4) is 11.5 Å². The summed E-state index contributed by atoms with van der Waals surface area (Å²) in [6, 6.07) is 14.9. The molecule has 146 valence electrons. The van der Waals surface area contributed by atoms with E-state index in [0.29, 0.717) is 35.6 Å². The van der Waals surface area contributed by atoms with E-state index in [1.54, 1.807) is 6.08 Å². The number of rotatable bonds is 7. The van der Waals surface area contributed by atoms with E-state index in [2.05, 4.69) is 19.2 Å². The van der Waals surface area contributed by atoms with E-state index in [0.717, 1.165) is 17.1 Å². The van der Waals surface area contributed by atoms with E-state index in [1.165, 1.54) is 4.90 Å². The third-order valence-electron chi connectivity index (χ3n) is 4.04. The molecule has 1 heterocycles. The van der Waals surface area contributed by atoms with Crippen molar-refractivity contribution in [2.75, 3.05) is 18.1 Å². The Morgan fingerprint density at radius 3 is 2.54 bits per heavy atom. The van der Waals surface area contributed by atoms with Crippen molar-refractivity contribution in [3.63, 3.8) is 0 Å². The number of carbonyl (C=O) groups excluding carboxylic acids is 1.